The smallest absolute Gasteiger partial charge is 0.308 e. The molecule has 1 aromatic heterocycles. The van der Waals surface area contributed by atoms with Gasteiger partial charge in [-0.3, -0.25) is 14.3 Å². The number of aliphatic carboxylic acids is 1. The van der Waals surface area contributed by atoms with Crippen LogP contribution in [-0.2, 0) is 16.1 Å². The molecule has 1 N–H and O–H groups in total. The highest BCUT2D eigenvalue weighted by atomic mass is 16.4. The largest absolute Gasteiger partial charge is 0.481 e. The van der Waals surface area contributed by atoms with Gasteiger partial charge in [-0.2, -0.15) is 5.10 Å². The van der Waals surface area contributed by atoms with Crippen molar-refractivity contribution >= 4 is 11.9 Å². The molecule has 1 amide bonds. The minimum absolute atomic E-state index is 0.00857. The van der Waals surface area contributed by atoms with Gasteiger partial charge in [-0.05, 0) is 12.8 Å². The monoisotopic (exact) mass is 265 g/mol. The first-order valence-electron chi connectivity index (χ1n) is 6.55. The number of carboxylic acids is 1. The first-order valence-corrected chi connectivity index (χ1v) is 6.55. The summed E-state index contributed by atoms with van der Waals surface area (Å²) in [6.45, 7) is 2.85. The van der Waals surface area contributed by atoms with Gasteiger partial charge in [0.25, 0.3) is 0 Å². The minimum Gasteiger partial charge on any atom is -0.481 e. The lowest BCUT2D eigenvalue weighted by Gasteiger charge is -2.36. The predicted molar refractivity (Wildman–Crippen MR) is 68.4 cm³/mol. The molecule has 0 aliphatic carbocycles. The predicted octanol–water partition coefficient (Wildman–Crippen LogP) is 1.29. The molecule has 6 heteroatoms. The van der Waals surface area contributed by atoms with E-state index in [0.29, 0.717) is 12.8 Å². The maximum atomic E-state index is 11.8. The Kier molecular flexibility index (Phi) is 3.87. The van der Waals surface area contributed by atoms with Crippen LogP contribution in [0, 0.1) is 5.92 Å². The van der Waals surface area contributed by atoms with Crippen molar-refractivity contribution in [3.8, 4) is 0 Å². The van der Waals surface area contributed by atoms with Gasteiger partial charge in [0.2, 0.25) is 5.91 Å². The van der Waals surface area contributed by atoms with Crippen LogP contribution < -0.4 is 0 Å². The molecule has 0 aromatic carbocycles. The molecule has 104 valence electrons. The number of amides is 1. The molecular formula is C13H19N3O3. The second-order valence-corrected chi connectivity index (χ2v) is 4.97. The second kappa shape index (κ2) is 5.42. The van der Waals surface area contributed by atoms with Crippen LogP contribution in [0.4, 0.5) is 0 Å². The van der Waals surface area contributed by atoms with Crippen LogP contribution in [0.1, 0.15) is 37.8 Å². The van der Waals surface area contributed by atoms with E-state index in [-0.39, 0.29) is 5.91 Å². The molecule has 0 bridgehead atoms. The Balaban J connectivity index is 2.29. The third-order valence-corrected chi connectivity index (χ3v) is 3.63. The zero-order valence-electron chi connectivity index (χ0n) is 11.2. The molecular weight excluding hydrogens is 246 g/mol. The van der Waals surface area contributed by atoms with E-state index in [9.17, 15) is 14.7 Å². The number of carbonyl (C=O) groups is 2. The van der Waals surface area contributed by atoms with Crippen molar-refractivity contribution in [1.29, 1.82) is 0 Å². The van der Waals surface area contributed by atoms with Gasteiger partial charge in [0.15, 0.2) is 0 Å². The first kappa shape index (κ1) is 13.6. The van der Waals surface area contributed by atoms with E-state index in [0.717, 1.165) is 18.5 Å². The summed E-state index contributed by atoms with van der Waals surface area (Å²) in [5.41, 5.74) is 0.802. The van der Waals surface area contributed by atoms with Gasteiger partial charge in [0.05, 0.1) is 18.2 Å². The van der Waals surface area contributed by atoms with Gasteiger partial charge in [-0.15, -0.1) is 0 Å². The summed E-state index contributed by atoms with van der Waals surface area (Å²) in [7, 11) is 1.67. The summed E-state index contributed by atoms with van der Waals surface area (Å²) in [5.74, 6) is -1.42. The fraction of sp³-hybridized carbons (Fsp3) is 0.615. The molecule has 0 saturated carbocycles. The van der Waals surface area contributed by atoms with Crippen molar-refractivity contribution in [2.45, 2.75) is 38.8 Å². The van der Waals surface area contributed by atoms with E-state index < -0.39 is 17.9 Å². The fourth-order valence-corrected chi connectivity index (χ4v) is 2.64. The number of piperidine rings is 1. The number of aryl methyl sites for hydroxylation is 1. The van der Waals surface area contributed by atoms with Crippen LogP contribution in [0.2, 0.25) is 0 Å². The van der Waals surface area contributed by atoms with Gasteiger partial charge in [0.1, 0.15) is 0 Å². The maximum Gasteiger partial charge on any atom is 0.308 e. The number of hydrogen-bond acceptors (Lipinski definition) is 3. The average Bonchev–Trinajstić information content (AvgIpc) is 2.81. The van der Waals surface area contributed by atoms with E-state index in [2.05, 4.69) is 12.0 Å². The number of likely N-dealkylation sites (tertiary alicyclic amines) is 1. The highest BCUT2D eigenvalue weighted by Gasteiger charge is 2.39. The lowest BCUT2D eigenvalue weighted by molar-refractivity contribution is -0.150. The summed E-state index contributed by atoms with van der Waals surface area (Å²) in [5, 5.41) is 13.5. The zero-order valence-corrected chi connectivity index (χ0v) is 11.2. The molecule has 2 atom stereocenters. The van der Waals surface area contributed by atoms with Crippen LogP contribution >= 0.6 is 0 Å². The summed E-state index contributed by atoms with van der Waals surface area (Å²) in [6, 6.07) is -0.413. The molecule has 1 aliphatic heterocycles. The van der Waals surface area contributed by atoms with Crippen molar-refractivity contribution in [2.75, 3.05) is 7.05 Å². The maximum absolute atomic E-state index is 11.8. The number of aromatic nitrogens is 2. The van der Waals surface area contributed by atoms with Gasteiger partial charge in [-0.1, -0.05) is 6.92 Å². The highest BCUT2D eigenvalue weighted by molar-refractivity contribution is 5.81. The van der Waals surface area contributed by atoms with E-state index in [1.165, 1.54) is 4.90 Å². The molecule has 1 saturated heterocycles. The van der Waals surface area contributed by atoms with E-state index in [1.54, 1.807) is 17.9 Å². The fourth-order valence-electron chi connectivity index (χ4n) is 2.64. The summed E-state index contributed by atoms with van der Waals surface area (Å²) >= 11 is 0. The molecule has 2 heterocycles. The number of nitrogens with zero attached hydrogens (tertiary/aromatic N) is 3. The molecule has 19 heavy (non-hydrogen) atoms. The summed E-state index contributed by atoms with van der Waals surface area (Å²) in [6.07, 6.45) is 5.17. The lowest BCUT2D eigenvalue weighted by atomic mass is 9.86. The Hall–Kier alpha value is -1.85. The van der Waals surface area contributed by atoms with Crippen molar-refractivity contribution in [3.63, 3.8) is 0 Å². The number of hydrogen-bond donors (Lipinski definition) is 1. The van der Waals surface area contributed by atoms with E-state index >= 15 is 0 Å². The van der Waals surface area contributed by atoms with Crippen LogP contribution in [0.5, 0.6) is 0 Å². The Morgan fingerprint density at radius 1 is 1.58 bits per heavy atom. The summed E-state index contributed by atoms with van der Waals surface area (Å²) in [4.78, 5) is 24.7. The molecule has 6 nitrogen and oxygen atoms in total. The van der Waals surface area contributed by atoms with Gasteiger partial charge in [-0.25, -0.2) is 0 Å². The molecule has 2 rings (SSSR count). The lowest BCUT2D eigenvalue weighted by Crippen LogP contribution is -2.42. The Morgan fingerprint density at radius 2 is 2.32 bits per heavy atom. The molecule has 1 aliphatic rings. The van der Waals surface area contributed by atoms with E-state index in [1.807, 2.05) is 6.20 Å². The van der Waals surface area contributed by atoms with Crippen molar-refractivity contribution in [3.05, 3.63) is 18.0 Å². The number of carbonyl (C=O) groups excluding carboxylic acids is 1. The quantitative estimate of drug-likeness (QED) is 0.890. The normalized spacial score (nSPS) is 23.7. The minimum atomic E-state index is -0.854. The third-order valence-electron chi connectivity index (χ3n) is 3.63. The topological polar surface area (TPSA) is 75.4 Å². The molecule has 0 radical (unpaired) electrons. The number of carboxylic acid groups (broad SMARTS) is 1. The summed E-state index contributed by atoms with van der Waals surface area (Å²) < 4.78 is 1.79. The van der Waals surface area contributed by atoms with Crippen molar-refractivity contribution in [1.82, 2.24) is 14.7 Å². The zero-order chi connectivity index (χ0) is 14.0. The Morgan fingerprint density at radius 3 is 2.95 bits per heavy atom. The number of rotatable bonds is 4. The van der Waals surface area contributed by atoms with Crippen LogP contribution in [-0.4, -0.2) is 38.7 Å². The molecule has 1 aromatic rings. The Labute approximate surface area is 112 Å². The van der Waals surface area contributed by atoms with Crippen LogP contribution in [0.3, 0.4) is 0 Å². The van der Waals surface area contributed by atoms with Crippen molar-refractivity contribution in [2.24, 2.45) is 5.92 Å². The van der Waals surface area contributed by atoms with Crippen LogP contribution in [0.25, 0.3) is 0 Å². The third kappa shape index (κ3) is 2.62. The van der Waals surface area contributed by atoms with Gasteiger partial charge < -0.3 is 10.0 Å². The standard InChI is InChI=1S/C13H19N3O3/c1-3-6-16-8-9(7-14-16)12-10(13(18)19)4-5-11(17)15(12)2/h7-8,10,12H,3-6H2,1-2H3,(H,18,19)/t10-,12+/m0/s1. The Bertz CT molecular complexity index is 483. The molecule has 0 spiro atoms. The highest BCUT2D eigenvalue weighted by Crippen LogP contribution is 2.35. The second-order valence-electron chi connectivity index (χ2n) is 4.97. The van der Waals surface area contributed by atoms with E-state index in [4.69, 9.17) is 0 Å². The molecule has 0 unspecified atom stereocenters. The van der Waals surface area contributed by atoms with Gasteiger partial charge in [0, 0.05) is 31.8 Å². The van der Waals surface area contributed by atoms with Crippen LogP contribution in [0.15, 0.2) is 12.4 Å². The first-order chi connectivity index (χ1) is 9.04. The van der Waals surface area contributed by atoms with Crippen molar-refractivity contribution < 1.29 is 14.7 Å². The molecule has 1 fully saturated rings. The average molecular weight is 265 g/mol. The van der Waals surface area contributed by atoms with Gasteiger partial charge >= 0.3 is 5.97 Å². The SMILES string of the molecule is CCCn1cc([C@@H]2[C@@H](C(=O)O)CCC(=O)N2C)cn1.